The molecular formula is C17H25N3O. The van der Waals surface area contributed by atoms with Crippen LogP contribution in [0.3, 0.4) is 0 Å². The molecule has 21 heavy (non-hydrogen) atoms. The second-order valence-corrected chi connectivity index (χ2v) is 6.29. The number of piperidine rings is 1. The van der Waals surface area contributed by atoms with E-state index in [1.807, 2.05) is 24.3 Å². The molecule has 1 aromatic carbocycles. The first-order chi connectivity index (χ1) is 10.2. The van der Waals surface area contributed by atoms with Crippen LogP contribution in [0.5, 0.6) is 0 Å². The second kappa shape index (κ2) is 6.48. The summed E-state index contributed by atoms with van der Waals surface area (Å²) in [6.45, 7) is 5.13. The second-order valence-electron chi connectivity index (χ2n) is 6.29. The average molecular weight is 287 g/mol. The summed E-state index contributed by atoms with van der Waals surface area (Å²) in [6, 6.07) is 8.51. The topological polar surface area (TPSA) is 44.4 Å². The Labute approximate surface area is 126 Å². The van der Waals surface area contributed by atoms with Crippen molar-refractivity contribution in [3.05, 3.63) is 29.8 Å². The van der Waals surface area contributed by atoms with Crippen molar-refractivity contribution >= 4 is 11.7 Å². The standard InChI is InChI=1S/C17H25N3O/c1-13-4-6-15(7-5-13)19-17(21)20-12-2-3-16(20)14-8-10-18-11-9-14/h4-7,14,16,18H,2-3,8-12H2,1H3,(H,19,21). The molecule has 0 saturated carbocycles. The van der Waals surface area contributed by atoms with Crippen molar-refractivity contribution in [1.29, 1.82) is 0 Å². The van der Waals surface area contributed by atoms with Crippen LogP contribution in [0, 0.1) is 12.8 Å². The SMILES string of the molecule is Cc1ccc(NC(=O)N2CCCC2C2CCNCC2)cc1. The van der Waals surface area contributed by atoms with E-state index in [0.717, 1.165) is 38.2 Å². The molecule has 4 heteroatoms. The van der Waals surface area contributed by atoms with Gasteiger partial charge in [0.15, 0.2) is 0 Å². The summed E-state index contributed by atoms with van der Waals surface area (Å²) in [5, 5.41) is 6.46. The number of benzene rings is 1. The molecule has 0 radical (unpaired) electrons. The Kier molecular flexibility index (Phi) is 4.44. The van der Waals surface area contributed by atoms with Crippen LogP contribution in [0.2, 0.25) is 0 Å². The van der Waals surface area contributed by atoms with E-state index < -0.39 is 0 Å². The monoisotopic (exact) mass is 287 g/mol. The van der Waals surface area contributed by atoms with Crippen molar-refractivity contribution in [2.75, 3.05) is 25.0 Å². The van der Waals surface area contributed by atoms with Crippen LogP contribution in [-0.2, 0) is 0 Å². The van der Waals surface area contributed by atoms with Gasteiger partial charge in [-0.05, 0) is 63.7 Å². The molecule has 114 valence electrons. The number of hydrogen-bond donors (Lipinski definition) is 2. The molecular weight excluding hydrogens is 262 g/mol. The Hall–Kier alpha value is -1.55. The lowest BCUT2D eigenvalue weighted by molar-refractivity contribution is 0.170. The summed E-state index contributed by atoms with van der Waals surface area (Å²) in [7, 11) is 0. The molecule has 2 N–H and O–H groups in total. The number of nitrogens with zero attached hydrogens (tertiary/aromatic N) is 1. The Morgan fingerprint density at radius 1 is 1.19 bits per heavy atom. The van der Waals surface area contributed by atoms with Gasteiger partial charge in [0.25, 0.3) is 0 Å². The molecule has 0 bridgehead atoms. The lowest BCUT2D eigenvalue weighted by Crippen LogP contribution is -2.45. The molecule has 1 atom stereocenters. The summed E-state index contributed by atoms with van der Waals surface area (Å²) < 4.78 is 0. The van der Waals surface area contributed by atoms with Gasteiger partial charge in [-0.25, -0.2) is 4.79 Å². The van der Waals surface area contributed by atoms with E-state index in [1.54, 1.807) is 0 Å². The largest absolute Gasteiger partial charge is 0.322 e. The van der Waals surface area contributed by atoms with E-state index in [-0.39, 0.29) is 6.03 Å². The number of anilines is 1. The highest BCUT2D eigenvalue weighted by atomic mass is 16.2. The molecule has 2 heterocycles. The quantitative estimate of drug-likeness (QED) is 0.878. The normalized spacial score (nSPS) is 23.3. The zero-order valence-electron chi connectivity index (χ0n) is 12.8. The first-order valence-corrected chi connectivity index (χ1v) is 8.09. The van der Waals surface area contributed by atoms with Gasteiger partial charge < -0.3 is 15.5 Å². The number of carbonyl (C=O) groups excluding carboxylic acids is 1. The Balaban J connectivity index is 1.63. The van der Waals surface area contributed by atoms with Gasteiger partial charge in [0, 0.05) is 18.3 Å². The lowest BCUT2D eigenvalue weighted by atomic mass is 9.89. The number of hydrogen-bond acceptors (Lipinski definition) is 2. The zero-order chi connectivity index (χ0) is 14.7. The van der Waals surface area contributed by atoms with Gasteiger partial charge in [0.05, 0.1) is 0 Å². The van der Waals surface area contributed by atoms with Crippen LogP contribution in [0.1, 0.15) is 31.2 Å². The van der Waals surface area contributed by atoms with Crippen LogP contribution in [0.4, 0.5) is 10.5 Å². The molecule has 3 rings (SSSR count). The van der Waals surface area contributed by atoms with Gasteiger partial charge in [-0.1, -0.05) is 17.7 Å². The maximum absolute atomic E-state index is 12.6. The number of rotatable bonds is 2. The number of carbonyl (C=O) groups is 1. The van der Waals surface area contributed by atoms with Crippen molar-refractivity contribution in [3.8, 4) is 0 Å². The fourth-order valence-electron chi connectivity index (χ4n) is 3.60. The molecule has 2 fully saturated rings. The predicted molar refractivity (Wildman–Crippen MR) is 85.5 cm³/mol. The summed E-state index contributed by atoms with van der Waals surface area (Å²) >= 11 is 0. The van der Waals surface area contributed by atoms with Crippen molar-refractivity contribution in [1.82, 2.24) is 10.2 Å². The van der Waals surface area contributed by atoms with Gasteiger partial charge in [-0.3, -0.25) is 0 Å². The highest BCUT2D eigenvalue weighted by Crippen LogP contribution is 2.30. The summed E-state index contributed by atoms with van der Waals surface area (Å²) in [5.74, 6) is 0.664. The third-order valence-corrected chi connectivity index (χ3v) is 4.79. The fraction of sp³-hybridized carbons (Fsp3) is 0.588. The maximum Gasteiger partial charge on any atom is 0.322 e. The zero-order valence-corrected chi connectivity index (χ0v) is 12.8. The molecule has 4 nitrogen and oxygen atoms in total. The Bertz CT molecular complexity index is 479. The number of aryl methyl sites for hydroxylation is 1. The molecule has 2 aliphatic heterocycles. The first-order valence-electron chi connectivity index (χ1n) is 8.09. The highest BCUT2D eigenvalue weighted by Gasteiger charge is 2.35. The average Bonchev–Trinajstić information content (AvgIpc) is 3.00. The minimum atomic E-state index is 0.0693. The lowest BCUT2D eigenvalue weighted by Gasteiger charge is -2.34. The minimum absolute atomic E-state index is 0.0693. The van der Waals surface area contributed by atoms with E-state index in [2.05, 4.69) is 22.5 Å². The Morgan fingerprint density at radius 2 is 1.90 bits per heavy atom. The van der Waals surface area contributed by atoms with Gasteiger partial charge in [0.2, 0.25) is 0 Å². The van der Waals surface area contributed by atoms with Crippen LogP contribution in [-0.4, -0.2) is 36.6 Å². The van der Waals surface area contributed by atoms with E-state index in [4.69, 9.17) is 0 Å². The molecule has 0 spiro atoms. The first kappa shape index (κ1) is 14.4. The van der Waals surface area contributed by atoms with E-state index in [1.165, 1.54) is 18.4 Å². The van der Waals surface area contributed by atoms with Crippen molar-refractivity contribution in [3.63, 3.8) is 0 Å². The van der Waals surface area contributed by atoms with Crippen molar-refractivity contribution in [2.24, 2.45) is 5.92 Å². The fourth-order valence-corrected chi connectivity index (χ4v) is 3.60. The number of nitrogens with one attached hydrogen (secondary N) is 2. The van der Waals surface area contributed by atoms with Crippen LogP contribution in [0.15, 0.2) is 24.3 Å². The molecule has 1 unspecified atom stereocenters. The molecule has 2 aliphatic rings. The van der Waals surface area contributed by atoms with Gasteiger partial charge >= 0.3 is 6.03 Å². The van der Waals surface area contributed by atoms with Crippen LogP contribution >= 0.6 is 0 Å². The van der Waals surface area contributed by atoms with Gasteiger partial charge in [-0.2, -0.15) is 0 Å². The van der Waals surface area contributed by atoms with Gasteiger partial charge in [-0.15, -0.1) is 0 Å². The van der Waals surface area contributed by atoms with E-state index >= 15 is 0 Å². The molecule has 2 saturated heterocycles. The predicted octanol–water partition coefficient (Wildman–Crippen LogP) is 2.99. The maximum atomic E-state index is 12.6. The smallest absolute Gasteiger partial charge is 0.321 e. The summed E-state index contributed by atoms with van der Waals surface area (Å²) in [6.07, 6.45) is 4.68. The molecule has 2 amide bonds. The van der Waals surface area contributed by atoms with Crippen molar-refractivity contribution in [2.45, 2.75) is 38.6 Å². The molecule has 0 aromatic heterocycles. The van der Waals surface area contributed by atoms with E-state index in [0.29, 0.717) is 12.0 Å². The highest BCUT2D eigenvalue weighted by molar-refractivity contribution is 5.89. The molecule has 0 aliphatic carbocycles. The number of amides is 2. The van der Waals surface area contributed by atoms with Crippen LogP contribution in [0.25, 0.3) is 0 Å². The summed E-state index contributed by atoms with van der Waals surface area (Å²) in [4.78, 5) is 14.6. The third-order valence-electron chi connectivity index (χ3n) is 4.79. The number of likely N-dealkylation sites (tertiary alicyclic amines) is 1. The molecule has 1 aromatic rings. The minimum Gasteiger partial charge on any atom is -0.321 e. The third kappa shape index (κ3) is 3.38. The number of urea groups is 1. The Morgan fingerprint density at radius 3 is 2.62 bits per heavy atom. The van der Waals surface area contributed by atoms with Crippen molar-refractivity contribution < 1.29 is 4.79 Å². The van der Waals surface area contributed by atoms with E-state index in [9.17, 15) is 4.79 Å². The summed E-state index contributed by atoms with van der Waals surface area (Å²) in [5.41, 5.74) is 2.10. The van der Waals surface area contributed by atoms with Crippen LogP contribution < -0.4 is 10.6 Å². The van der Waals surface area contributed by atoms with Gasteiger partial charge in [0.1, 0.15) is 0 Å².